The molecular formula is C9H16O3. The maximum absolute atomic E-state index is 8.43. The van der Waals surface area contributed by atoms with Crippen molar-refractivity contribution < 1.29 is 14.6 Å². The molecule has 70 valence electrons. The third-order valence-electron chi connectivity index (χ3n) is 1.79. The van der Waals surface area contributed by atoms with Crippen LogP contribution in [0.2, 0.25) is 0 Å². The Bertz CT molecular complexity index is 128. The SMILES string of the molecule is OC/C=C\CO[C@@H]1CCCCO1. The van der Waals surface area contributed by atoms with E-state index in [1.807, 2.05) is 0 Å². The summed E-state index contributed by atoms with van der Waals surface area (Å²) in [5.41, 5.74) is 0. The van der Waals surface area contributed by atoms with E-state index in [4.69, 9.17) is 14.6 Å². The third-order valence-corrected chi connectivity index (χ3v) is 1.79. The molecule has 0 unspecified atom stereocenters. The van der Waals surface area contributed by atoms with Crippen molar-refractivity contribution in [2.45, 2.75) is 25.6 Å². The van der Waals surface area contributed by atoms with Gasteiger partial charge in [0, 0.05) is 6.61 Å². The van der Waals surface area contributed by atoms with E-state index in [0.29, 0.717) is 6.61 Å². The van der Waals surface area contributed by atoms with Gasteiger partial charge in [-0.3, -0.25) is 0 Å². The van der Waals surface area contributed by atoms with E-state index >= 15 is 0 Å². The standard InChI is InChI=1S/C9H16O3/c10-6-2-4-8-12-9-5-1-3-7-11-9/h2,4,9-10H,1,3,5-8H2/b4-2-/t9-/m1/s1. The van der Waals surface area contributed by atoms with Gasteiger partial charge in [0.25, 0.3) is 0 Å². The normalized spacial score (nSPS) is 24.9. The molecule has 0 amide bonds. The Morgan fingerprint density at radius 2 is 2.33 bits per heavy atom. The molecule has 0 spiro atoms. The van der Waals surface area contributed by atoms with Gasteiger partial charge < -0.3 is 14.6 Å². The quantitative estimate of drug-likeness (QED) is 0.645. The van der Waals surface area contributed by atoms with E-state index in [-0.39, 0.29) is 12.9 Å². The summed E-state index contributed by atoms with van der Waals surface area (Å²) in [7, 11) is 0. The molecule has 0 aromatic rings. The van der Waals surface area contributed by atoms with Crippen LogP contribution in [0.25, 0.3) is 0 Å². The fraction of sp³-hybridized carbons (Fsp3) is 0.778. The van der Waals surface area contributed by atoms with Crippen LogP contribution in [0.1, 0.15) is 19.3 Å². The summed E-state index contributed by atoms with van der Waals surface area (Å²) in [6.07, 6.45) is 6.77. The zero-order valence-corrected chi connectivity index (χ0v) is 7.24. The van der Waals surface area contributed by atoms with Crippen LogP contribution in [0.5, 0.6) is 0 Å². The minimum absolute atomic E-state index is 0.0258. The lowest BCUT2D eigenvalue weighted by Gasteiger charge is -2.21. The predicted octanol–water partition coefficient (Wildman–Crippen LogP) is 1.08. The van der Waals surface area contributed by atoms with E-state index in [9.17, 15) is 0 Å². The first-order valence-electron chi connectivity index (χ1n) is 4.42. The summed E-state index contributed by atoms with van der Waals surface area (Å²) in [5.74, 6) is 0. The van der Waals surface area contributed by atoms with E-state index in [1.54, 1.807) is 12.2 Å². The van der Waals surface area contributed by atoms with Crippen molar-refractivity contribution in [2.75, 3.05) is 19.8 Å². The van der Waals surface area contributed by atoms with Gasteiger partial charge in [-0.1, -0.05) is 12.2 Å². The van der Waals surface area contributed by atoms with Crippen LogP contribution in [0.3, 0.4) is 0 Å². The average molecular weight is 172 g/mol. The molecule has 1 heterocycles. The third kappa shape index (κ3) is 3.85. The van der Waals surface area contributed by atoms with Crippen molar-refractivity contribution in [3.8, 4) is 0 Å². The zero-order chi connectivity index (χ0) is 8.65. The van der Waals surface area contributed by atoms with Gasteiger partial charge in [0.05, 0.1) is 13.2 Å². The smallest absolute Gasteiger partial charge is 0.157 e. The van der Waals surface area contributed by atoms with Gasteiger partial charge in [-0.2, -0.15) is 0 Å². The van der Waals surface area contributed by atoms with E-state index in [0.717, 1.165) is 19.4 Å². The van der Waals surface area contributed by atoms with Gasteiger partial charge in [0.15, 0.2) is 6.29 Å². The van der Waals surface area contributed by atoms with E-state index in [1.165, 1.54) is 6.42 Å². The Morgan fingerprint density at radius 3 is 3.00 bits per heavy atom. The number of hydrogen-bond acceptors (Lipinski definition) is 3. The van der Waals surface area contributed by atoms with Crippen molar-refractivity contribution >= 4 is 0 Å². The lowest BCUT2D eigenvalue weighted by atomic mass is 10.2. The lowest BCUT2D eigenvalue weighted by Crippen LogP contribution is -2.22. The Hall–Kier alpha value is -0.380. The molecule has 0 saturated carbocycles. The highest BCUT2D eigenvalue weighted by Gasteiger charge is 2.12. The summed E-state index contributed by atoms with van der Waals surface area (Å²) in [5, 5.41) is 8.43. The molecule has 0 aliphatic carbocycles. The Morgan fingerprint density at radius 1 is 1.42 bits per heavy atom. The summed E-state index contributed by atoms with van der Waals surface area (Å²) in [4.78, 5) is 0. The van der Waals surface area contributed by atoms with Crippen LogP contribution in [-0.4, -0.2) is 31.2 Å². The molecule has 1 aliphatic heterocycles. The van der Waals surface area contributed by atoms with Crippen LogP contribution in [0, 0.1) is 0 Å². The second-order valence-electron chi connectivity index (χ2n) is 2.78. The fourth-order valence-corrected chi connectivity index (χ4v) is 1.15. The zero-order valence-electron chi connectivity index (χ0n) is 7.24. The number of ether oxygens (including phenoxy) is 2. The number of rotatable bonds is 4. The van der Waals surface area contributed by atoms with Crippen molar-refractivity contribution in [1.82, 2.24) is 0 Å². The van der Waals surface area contributed by atoms with Gasteiger partial charge >= 0.3 is 0 Å². The molecule has 1 atom stereocenters. The fourth-order valence-electron chi connectivity index (χ4n) is 1.15. The average Bonchev–Trinajstić information content (AvgIpc) is 2.14. The van der Waals surface area contributed by atoms with Gasteiger partial charge in [-0.15, -0.1) is 0 Å². The van der Waals surface area contributed by atoms with E-state index in [2.05, 4.69) is 0 Å². The highest BCUT2D eigenvalue weighted by atomic mass is 16.7. The molecule has 0 bridgehead atoms. The van der Waals surface area contributed by atoms with Crippen LogP contribution >= 0.6 is 0 Å². The minimum atomic E-state index is -0.0258. The maximum atomic E-state index is 8.43. The molecule has 0 aromatic heterocycles. The van der Waals surface area contributed by atoms with Gasteiger partial charge in [-0.05, 0) is 19.3 Å². The molecule has 3 nitrogen and oxygen atoms in total. The highest BCUT2D eigenvalue weighted by Crippen LogP contribution is 2.13. The monoisotopic (exact) mass is 172 g/mol. The first-order valence-corrected chi connectivity index (χ1v) is 4.42. The lowest BCUT2D eigenvalue weighted by molar-refractivity contribution is -0.155. The number of hydrogen-bond donors (Lipinski definition) is 1. The number of aliphatic hydroxyl groups excluding tert-OH is 1. The molecule has 3 heteroatoms. The topological polar surface area (TPSA) is 38.7 Å². The van der Waals surface area contributed by atoms with Gasteiger partial charge in [0.1, 0.15) is 0 Å². The van der Waals surface area contributed by atoms with Crippen LogP contribution < -0.4 is 0 Å². The first-order chi connectivity index (χ1) is 5.93. The van der Waals surface area contributed by atoms with Gasteiger partial charge in [-0.25, -0.2) is 0 Å². The number of aliphatic hydroxyl groups is 1. The summed E-state index contributed by atoms with van der Waals surface area (Å²) < 4.78 is 10.7. The van der Waals surface area contributed by atoms with Crippen molar-refractivity contribution in [3.05, 3.63) is 12.2 Å². The second kappa shape index (κ2) is 6.17. The van der Waals surface area contributed by atoms with Crippen molar-refractivity contribution in [1.29, 1.82) is 0 Å². The molecule has 1 rings (SSSR count). The Labute approximate surface area is 73.0 Å². The molecule has 12 heavy (non-hydrogen) atoms. The second-order valence-corrected chi connectivity index (χ2v) is 2.78. The molecule has 0 aromatic carbocycles. The van der Waals surface area contributed by atoms with Crippen LogP contribution in [0.4, 0.5) is 0 Å². The van der Waals surface area contributed by atoms with Crippen molar-refractivity contribution in [2.24, 2.45) is 0 Å². The largest absolute Gasteiger partial charge is 0.392 e. The molecule has 1 N–H and O–H groups in total. The minimum Gasteiger partial charge on any atom is -0.392 e. The van der Waals surface area contributed by atoms with E-state index < -0.39 is 0 Å². The van der Waals surface area contributed by atoms with Crippen molar-refractivity contribution in [3.63, 3.8) is 0 Å². The Balaban J connectivity index is 2.01. The predicted molar refractivity (Wildman–Crippen MR) is 45.8 cm³/mol. The van der Waals surface area contributed by atoms with Gasteiger partial charge in [0.2, 0.25) is 0 Å². The molecule has 1 fully saturated rings. The Kier molecular flexibility index (Phi) is 4.99. The molecule has 1 aliphatic rings. The molecular weight excluding hydrogens is 156 g/mol. The highest BCUT2D eigenvalue weighted by molar-refractivity contribution is 4.80. The van der Waals surface area contributed by atoms with Crippen LogP contribution in [-0.2, 0) is 9.47 Å². The molecule has 1 saturated heterocycles. The van der Waals surface area contributed by atoms with Crippen LogP contribution in [0.15, 0.2) is 12.2 Å². The summed E-state index contributed by atoms with van der Waals surface area (Å²) in [6.45, 7) is 1.43. The maximum Gasteiger partial charge on any atom is 0.157 e. The summed E-state index contributed by atoms with van der Waals surface area (Å²) in [6, 6.07) is 0. The first kappa shape index (κ1) is 9.71. The summed E-state index contributed by atoms with van der Waals surface area (Å²) >= 11 is 0. The molecule has 0 radical (unpaired) electrons.